The zero-order valence-electron chi connectivity index (χ0n) is 11.1. The van der Waals surface area contributed by atoms with Gasteiger partial charge in [0.15, 0.2) is 0 Å². The van der Waals surface area contributed by atoms with E-state index in [2.05, 4.69) is 40.4 Å². The van der Waals surface area contributed by atoms with Crippen LogP contribution in [0, 0.1) is 0 Å². The zero-order chi connectivity index (χ0) is 12.8. The molecule has 0 aromatic carbocycles. The van der Waals surface area contributed by atoms with Crippen LogP contribution in [0.25, 0.3) is 0 Å². The Kier molecular flexibility index (Phi) is 4.96. The second-order valence-corrected chi connectivity index (χ2v) is 5.43. The third-order valence-corrected chi connectivity index (χ3v) is 3.83. The van der Waals surface area contributed by atoms with E-state index in [1.54, 1.807) is 11.3 Å². The van der Waals surface area contributed by atoms with Crippen molar-refractivity contribution >= 4 is 11.3 Å². The highest BCUT2D eigenvalue weighted by molar-refractivity contribution is 7.07. The van der Waals surface area contributed by atoms with Crippen molar-refractivity contribution in [1.82, 2.24) is 15.1 Å². The molecule has 1 atom stereocenters. The quantitative estimate of drug-likeness (QED) is 0.832. The Bertz CT molecular complexity index is 447. The number of thiophene rings is 1. The second-order valence-electron chi connectivity index (χ2n) is 4.65. The summed E-state index contributed by atoms with van der Waals surface area (Å²) in [6.45, 7) is 3.20. The summed E-state index contributed by atoms with van der Waals surface area (Å²) in [5.74, 6) is 0. The molecular formula is C14H21N3S. The van der Waals surface area contributed by atoms with E-state index in [0.717, 1.165) is 25.8 Å². The molecule has 98 valence electrons. The van der Waals surface area contributed by atoms with Crippen molar-refractivity contribution in [3.8, 4) is 0 Å². The summed E-state index contributed by atoms with van der Waals surface area (Å²) in [6, 6.07) is 2.78. The Morgan fingerprint density at radius 2 is 2.33 bits per heavy atom. The topological polar surface area (TPSA) is 29.9 Å². The van der Waals surface area contributed by atoms with Gasteiger partial charge in [0.25, 0.3) is 0 Å². The van der Waals surface area contributed by atoms with Gasteiger partial charge in [-0.15, -0.1) is 0 Å². The molecule has 1 N–H and O–H groups in total. The van der Waals surface area contributed by atoms with Crippen molar-refractivity contribution in [1.29, 1.82) is 0 Å². The molecule has 0 radical (unpaired) electrons. The summed E-state index contributed by atoms with van der Waals surface area (Å²) in [6.07, 6.45) is 7.45. The average molecular weight is 263 g/mol. The fraction of sp³-hybridized carbons (Fsp3) is 0.500. The Hall–Kier alpha value is -1.13. The highest BCUT2D eigenvalue weighted by Crippen LogP contribution is 2.12. The average Bonchev–Trinajstić information content (AvgIpc) is 2.98. The molecule has 0 amide bonds. The Morgan fingerprint density at radius 3 is 2.94 bits per heavy atom. The lowest BCUT2D eigenvalue weighted by molar-refractivity contribution is 0.491. The number of aromatic nitrogens is 2. The van der Waals surface area contributed by atoms with Crippen molar-refractivity contribution in [3.63, 3.8) is 0 Å². The van der Waals surface area contributed by atoms with Crippen LogP contribution in [-0.4, -0.2) is 22.4 Å². The van der Waals surface area contributed by atoms with Crippen LogP contribution in [0.15, 0.2) is 29.2 Å². The molecule has 0 aliphatic rings. The normalized spacial score (nSPS) is 12.8. The molecule has 3 nitrogen and oxygen atoms in total. The van der Waals surface area contributed by atoms with Crippen LogP contribution in [0.3, 0.4) is 0 Å². The maximum absolute atomic E-state index is 4.21. The molecular weight excluding hydrogens is 242 g/mol. The van der Waals surface area contributed by atoms with Gasteiger partial charge in [-0.3, -0.25) is 4.68 Å². The minimum Gasteiger partial charge on any atom is -0.314 e. The van der Waals surface area contributed by atoms with Crippen molar-refractivity contribution in [2.45, 2.75) is 32.2 Å². The molecule has 0 fully saturated rings. The van der Waals surface area contributed by atoms with E-state index in [1.165, 1.54) is 11.1 Å². The molecule has 0 saturated heterocycles. The molecule has 2 aromatic rings. The van der Waals surface area contributed by atoms with Crippen LogP contribution >= 0.6 is 11.3 Å². The van der Waals surface area contributed by atoms with Gasteiger partial charge in [0.2, 0.25) is 0 Å². The summed E-state index contributed by atoms with van der Waals surface area (Å²) >= 11 is 1.78. The summed E-state index contributed by atoms with van der Waals surface area (Å²) in [5, 5.41) is 12.2. The predicted molar refractivity (Wildman–Crippen MR) is 77.0 cm³/mol. The fourth-order valence-electron chi connectivity index (χ4n) is 2.20. The summed E-state index contributed by atoms with van der Waals surface area (Å²) in [7, 11) is 1.97. The Labute approximate surface area is 113 Å². The van der Waals surface area contributed by atoms with Crippen molar-refractivity contribution < 1.29 is 0 Å². The molecule has 2 aromatic heterocycles. The van der Waals surface area contributed by atoms with Gasteiger partial charge in [-0.2, -0.15) is 16.4 Å². The Balaban J connectivity index is 1.86. The van der Waals surface area contributed by atoms with Crippen LogP contribution in [0.1, 0.15) is 24.5 Å². The zero-order valence-corrected chi connectivity index (χ0v) is 11.9. The first kappa shape index (κ1) is 13.3. The van der Waals surface area contributed by atoms with Gasteiger partial charge in [-0.25, -0.2) is 0 Å². The maximum Gasteiger partial charge on any atom is 0.0521 e. The van der Waals surface area contributed by atoms with Gasteiger partial charge in [0.05, 0.1) is 6.20 Å². The molecule has 0 spiro atoms. The van der Waals surface area contributed by atoms with E-state index in [-0.39, 0.29) is 0 Å². The van der Waals surface area contributed by atoms with Crippen LogP contribution in [0.2, 0.25) is 0 Å². The summed E-state index contributed by atoms with van der Waals surface area (Å²) in [4.78, 5) is 0. The summed E-state index contributed by atoms with van der Waals surface area (Å²) < 4.78 is 1.87. The lowest BCUT2D eigenvalue weighted by atomic mass is 10.0. The number of nitrogens with one attached hydrogen (secondary N) is 1. The first-order valence-corrected chi connectivity index (χ1v) is 7.44. The molecule has 4 heteroatoms. The predicted octanol–water partition coefficient (Wildman–Crippen LogP) is 2.64. The monoisotopic (exact) mass is 263 g/mol. The van der Waals surface area contributed by atoms with Crippen molar-refractivity contribution in [2.24, 2.45) is 7.05 Å². The van der Waals surface area contributed by atoms with Gasteiger partial charge in [-0.1, -0.05) is 6.92 Å². The highest BCUT2D eigenvalue weighted by atomic mass is 32.1. The molecule has 0 aliphatic heterocycles. The highest BCUT2D eigenvalue weighted by Gasteiger charge is 2.09. The smallest absolute Gasteiger partial charge is 0.0521 e. The van der Waals surface area contributed by atoms with Gasteiger partial charge >= 0.3 is 0 Å². The first-order chi connectivity index (χ1) is 8.78. The molecule has 0 saturated carbocycles. The molecule has 2 rings (SSSR count). The van der Waals surface area contributed by atoms with Crippen molar-refractivity contribution in [3.05, 3.63) is 40.3 Å². The van der Waals surface area contributed by atoms with E-state index in [4.69, 9.17) is 0 Å². The lowest BCUT2D eigenvalue weighted by Gasteiger charge is -2.16. The molecule has 0 aliphatic carbocycles. The van der Waals surface area contributed by atoms with E-state index < -0.39 is 0 Å². The van der Waals surface area contributed by atoms with Crippen LogP contribution in [-0.2, 0) is 19.9 Å². The molecule has 0 bridgehead atoms. The van der Waals surface area contributed by atoms with Crippen LogP contribution < -0.4 is 5.32 Å². The van der Waals surface area contributed by atoms with Crippen molar-refractivity contribution in [2.75, 3.05) is 6.54 Å². The second kappa shape index (κ2) is 6.71. The number of hydrogen-bond donors (Lipinski definition) is 1. The van der Waals surface area contributed by atoms with Gasteiger partial charge in [0.1, 0.15) is 0 Å². The third-order valence-electron chi connectivity index (χ3n) is 3.09. The standard InChI is InChI=1S/C14H21N3S/c1-3-15-14(8-12-6-7-18-11-12)5-4-13-9-16-17(2)10-13/h6-7,9-11,14-15H,3-5,8H2,1-2H3. The maximum atomic E-state index is 4.21. The first-order valence-electron chi connectivity index (χ1n) is 6.50. The fourth-order valence-corrected chi connectivity index (χ4v) is 2.88. The lowest BCUT2D eigenvalue weighted by Crippen LogP contribution is -2.31. The van der Waals surface area contributed by atoms with Crippen LogP contribution in [0.4, 0.5) is 0 Å². The van der Waals surface area contributed by atoms with Gasteiger partial charge in [0, 0.05) is 19.3 Å². The molecule has 1 unspecified atom stereocenters. The van der Waals surface area contributed by atoms with Gasteiger partial charge in [-0.05, 0) is 53.8 Å². The van der Waals surface area contributed by atoms with Crippen LogP contribution in [0.5, 0.6) is 0 Å². The number of rotatable bonds is 7. The van der Waals surface area contributed by atoms with Gasteiger partial charge < -0.3 is 5.32 Å². The summed E-state index contributed by atoms with van der Waals surface area (Å²) in [5.41, 5.74) is 2.77. The van der Waals surface area contributed by atoms with E-state index in [9.17, 15) is 0 Å². The Morgan fingerprint density at radius 1 is 1.44 bits per heavy atom. The third kappa shape index (κ3) is 3.96. The number of aryl methyl sites for hydroxylation is 2. The molecule has 18 heavy (non-hydrogen) atoms. The largest absolute Gasteiger partial charge is 0.314 e. The molecule has 2 heterocycles. The SMILES string of the molecule is CCNC(CCc1cnn(C)c1)Cc1ccsc1. The minimum absolute atomic E-state index is 0.560. The number of nitrogens with zero attached hydrogens (tertiary/aromatic N) is 2. The van der Waals surface area contributed by atoms with E-state index >= 15 is 0 Å². The number of hydrogen-bond acceptors (Lipinski definition) is 3. The minimum atomic E-state index is 0.560. The number of likely N-dealkylation sites (N-methyl/N-ethyl adjacent to an activating group) is 1. The van der Waals surface area contributed by atoms with E-state index in [0.29, 0.717) is 6.04 Å². The van der Waals surface area contributed by atoms with E-state index in [1.807, 2.05) is 17.9 Å².